The third-order valence-electron chi connectivity index (χ3n) is 4.67. The van der Waals surface area contributed by atoms with Gasteiger partial charge in [-0.2, -0.15) is 0 Å². The van der Waals surface area contributed by atoms with Crippen LogP contribution in [0.15, 0.2) is 53.4 Å². The number of carbonyl (C=O) groups excluding carboxylic acids is 1. The standard InChI is InChI=1S/C20H24N2O3S/c1-15-7-11-18(12-8-15)22-26(24,25)19-13-9-16(10-14-19)20(23)21-17-5-3-2-4-6-17/h7-14,17,22H,2-6H2,1H3,(H,21,23). The molecule has 1 fully saturated rings. The van der Waals surface area contributed by atoms with Crippen LogP contribution in [0.3, 0.4) is 0 Å². The van der Waals surface area contributed by atoms with Crippen molar-refractivity contribution in [1.29, 1.82) is 0 Å². The molecule has 1 aliphatic carbocycles. The van der Waals surface area contributed by atoms with E-state index in [1.165, 1.54) is 18.6 Å². The predicted molar refractivity (Wildman–Crippen MR) is 103 cm³/mol. The fourth-order valence-corrected chi connectivity index (χ4v) is 4.20. The molecule has 138 valence electrons. The van der Waals surface area contributed by atoms with Crippen LogP contribution in [0.25, 0.3) is 0 Å². The summed E-state index contributed by atoms with van der Waals surface area (Å²) < 4.78 is 27.5. The summed E-state index contributed by atoms with van der Waals surface area (Å²) in [5, 5.41) is 3.03. The summed E-state index contributed by atoms with van der Waals surface area (Å²) >= 11 is 0. The van der Waals surface area contributed by atoms with Gasteiger partial charge >= 0.3 is 0 Å². The first-order chi connectivity index (χ1) is 12.4. The Kier molecular flexibility index (Phi) is 5.61. The number of nitrogens with one attached hydrogen (secondary N) is 2. The quantitative estimate of drug-likeness (QED) is 0.837. The molecule has 0 unspecified atom stereocenters. The first kappa shape index (κ1) is 18.5. The smallest absolute Gasteiger partial charge is 0.261 e. The lowest BCUT2D eigenvalue weighted by molar-refractivity contribution is 0.0927. The number of amides is 1. The Morgan fingerprint density at radius 1 is 0.923 bits per heavy atom. The van der Waals surface area contributed by atoms with E-state index >= 15 is 0 Å². The van der Waals surface area contributed by atoms with Gasteiger partial charge in [-0.05, 0) is 56.2 Å². The highest BCUT2D eigenvalue weighted by atomic mass is 32.2. The minimum atomic E-state index is -3.68. The van der Waals surface area contributed by atoms with E-state index in [1.54, 1.807) is 24.3 Å². The zero-order valence-corrected chi connectivity index (χ0v) is 15.7. The summed E-state index contributed by atoms with van der Waals surface area (Å²) in [5.74, 6) is -0.146. The van der Waals surface area contributed by atoms with Gasteiger partial charge in [0.25, 0.3) is 15.9 Å². The Hall–Kier alpha value is -2.34. The van der Waals surface area contributed by atoms with E-state index in [9.17, 15) is 13.2 Å². The normalized spacial score (nSPS) is 15.4. The highest BCUT2D eigenvalue weighted by Gasteiger charge is 2.18. The van der Waals surface area contributed by atoms with E-state index in [2.05, 4.69) is 10.0 Å². The van der Waals surface area contributed by atoms with E-state index in [0.29, 0.717) is 11.3 Å². The molecule has 3 rings (SSSR count). The second-order valence-corrected chi connectivity index (χ2v) is 8.49. The fourth-order valence-electron chi connectivity index (χ4n) is 3.14. The molecule has 2 aromatic carbocycles. The number of hydrogen-bond donors (Lipinski definition) is 2. The predicted octanol–water partition coefficient (Wildman–Crippen LogP) is 3.86. The second kappa shape index (κ2) is 7.91. The monoisotopic (exact) mass is 372 g/mol. The lowest BCUT2D eigenvalue weighted by Gasteiger charge is -2.22. The van der Waals surface area contributed by atoms with Gasteiger partial charge in [-0.25, -0.2) is 8.42 Å². The average Bonchev–Trinajstić information content (AvgIpc) is 2.64. The van der Waals surface area contributed by atoms with Crippen LogP contribution in [0.4, 0.5) is 5.69 Å². The maximum Gasteiger partial charge on any atom is 0.261 e. The number of sulfonamides is 1. The van der Waals surface area contributed by atoms with Crippen molar-refractivity contribution < 1.29 is 13.2 Å². The molecule has 0 saturated heterocycles. The zero-order chi connectivity index (χ0) is 18.6. The molecule has 1 amide bonds. The summed E-state index contributed by atoms with van der Waals surface area (Å²) in [6, 6.07) is 13.4. The summed E-state index contributed by atoms with van der Waals surface area (Å²) in [5.41, 5.74) is 2.04. The molecule has 0 aliphatic heterocycles. The molecule has 26 heavy (non-hydrogen) atoms. The summed E-state index contributed by atoms with van der Waals surface area (Å²) in [6.07, 6.45) is 5.55. The molecule has 0 bridgehead atoms. The molecule has 2 N–H and O–H groups in total. The Balaban J connectivity index is 1.67. The SMILES string of the molecule is Cc1ccc(NS(=O)(=O)c2ccc(C(=O)NC3CCCCC3)cc2)cc1. The van der Waals surface area contributed by atoms with Crippen molar-refractivity contribution in [2.45, 2.75) is 50.0 Å². The van der Waals surface area contributed by atoms with E-state index in [0.717, 1.165) is 31.2 Å². The van der Waals surface area contributed by atoms with Crippen LogP contribution >= 0.6 is 0 Å². The second-order valence-electron chi connectivity index (χ2n) is 6.80. The lowest BCUT2D eigenvalue weighted by atomic mass is 9.95. The number of benzene rings is 2. The van der Waals surface area contributed by atoms with Crippen LogP contribution in [-0.2, 0) is 10.0 Å². The maximum absolute atomic E-state index is 12.5. The zero-order valence-electron chi connectivity index (χ0n) is 14.9. The minimum absolute atomic E-state index is 0.132. The number of hydrogen-bond acceptors (Lipinski definition) is 3. The molecule has 0 heterocycles. The van der Waals surface area contributed by atoms with Gasteiger partial charge in [-0.15, -0.1) is 0 Å². The van der Waals surface area contributed by atoms with Crippen molar-refractivity contribution >= 4 is 21.6 Å². The Bertz CT molecular complexity index is 853. The molecule has 0 aromatic heterocycles. The van der Waals surface area contributed by atoms with Crippen molar-refractivity contribution in [3.05, 3.63) is 59.7 Å². The van der Waals surface area contributed by atoms with Gasteiger partial charge in [0.2, 0.25) is 0 Å². The van der Waals surface area contributed by atoms with Gasteiger partial charge < -0.3 is 5.32 Å². The average molecular weight is 372 g/mol. The van der Waals surface area contributed by atoms with Crippen molar-refractivity contribution in [2.75, 3.05) is 4.72 Å². The molecular formula is C20H24N2O3S. The van der Waals surface area contributed by atoms with Crippen molar-refractivity contribution in [3.63, 3.8) is 0 Å². The van der Waals surface area contributed by atoms with Gasteiger partial charge in [0.1, 0.15) is 0 Å². The number of aryl methyl sites for hydroxylation is 1. The molecule has 6 heteroatoms. The summed E-state index contributed by atoms with van der Waals surface area (Å²) in [7, 11) is -3.68. The molecule has 1 aliphatic rings. The van der Waals surface area contributed by atoms with Crippen LogP contribution in [0, 0.1) is 6.92 Å². The number of anilines is 1. The van der Waals surface area contributed by atoms with Crippen LogP contribution in [-0.4, -0.2) is 20.4 Å². The Morgan fingerprint density at radius 3 is 2.15 bits per heavy atom. The minimum Gasteiger partial charge on any atom is -0.349 e. The van der Waals surface area contributed by atoms with Crippen LogP contribution in [0.2, 0.25) is 0 Å². The fraction of sp³-hybridized carbons (Fsp3) is 0.350. The van der Waals surface area contributed by atoms with E-state index < -0.39 is 10.0 Å². The maximum atomic E-state index is 12.5. The van der Waals surface area contributed by atoms with E-state index in [-0.39, 0.29) is 16.8 Å². The van der Waals surface area contributed by atoms with Crippen LogP contribution in [0.1, 0.15) is 48.0 Å². The highest BCUT2D eigenvalue weighted by molar-refractivity contribution is 7.92. The van der Waals surface area contributed by atoms with Gasteiger partial charge in [-0.3, -0.25) is 9.52 Å². The molecule has 2 aromatic rings. The van der Waals surface area contributed by atoms with Crippen molar-refractivity contribution in [2.24, 2.45) is 0 Å². The molecular weight excluding hydrogens is 348 g/mol. The highest BCUT2D eigenvalue weighted by Crippen LogP contribution is 2.19. The van der Waals surface area contributed by atoms with Crippen molar-refractivity contribution in [1.82, 2.24) is 5.32 Å². The van der Waals surface area contributed by atoms with E-state index in [1.807, 2.05) is 19.1 Å². The van der Waals surface area contributed by atoms with Gasteiger partial charge in [0.05, 0.1) is 4.90 Å². The third kappa shape index (κ3) is 4.64. The molecule has 0 radical (unpaired) electrons. The largest absolute Gasteiger partial charge is 0.349 e. The number of carbonyl (C=O) groups is 1. The first-order valence-corrected chi connectivity index (χ1v) is 10.4. The van der Waals surface area contributed by atoms with E-state index in [4.69, 9.17) is 0 Å². The Morgan fingerprint density at radius 2 is 1.54 bits per heavy atom. The molecule has 1 saturated carbocycles. The van der Waals surface area contributed by atoms with Gasteiger partial charge in [-0.1, -0.05) is 37.0 Å². The topological polar surface area (TPSA) is 75.3 Å². The molecule has 0 atom stereocenters. The third-order valence-corrected chi connectivity index (χ3v) is 6.07. The van der Waals surface area contributed by atoms with Crippen LogP contribution < -0.4 is 10.0 Å². The lowest BCUT2D eigenvalue weighted by Crippen LogP contribution is -2.36. The van der Waals surface area contributed by atoms with Gasteiger partial charge in [0, 0.05) is 17.3 Å². The summed E-state index contributed by atoms with van der Waals surface area (Å²) in [4.78, 5) is 12.5. The summed E-state index contributed by atoms with van der Waals surface area (Å²) in [6.45, 7) is 1.94. The first-order valence-electron chi connectivity index (χ1n) is 8.94. The van der Waals surface area contributed by atoms with Gasteiger partial charge in [0.15, 0.2) is 0 Å². The number of rotatable bonds is 5. The molecule has 0 spiro atoms. The van der Waals surface area contributed by atoms with Crippen molar-refractivity contribution in [3.8, 4) is 0 Å². The van der Waals surface area contributed by atoms with Crippen LogP contribution in [0.5, 0.6) is 0 Å². The molecule has 5 nitrogen and oxygen atoms in total. The Labute approximate surface area is 154 Å².